The first kappa shape index (κ1) is 21.3. The Bertz CT molecular complexity index is 1050. The number of halogens is 3. The molecule has 0 spiro atoms. The van der Waals surface area contributed by atoms with Crippen molar-refractivity contribution in [1.82, 2.24) is 14.1 Å². The molecule has 0 bridgehead atoms. The molecule has 0 saturated carbocycles. The van der Waals surface area contributed by atoms with Crippen LogP contribution >= 0.6 is 0 Å². The highest BCUT2D eigenvalue weighted by molar-refractivity contribution is 5.42. The summed E-state index contributed by atoms with van der Waals surface area (Å²) in [4.78, 5) is 19.2. The van der Waals surface area contributed by atoms with Gasteiger partial charge in [0.1, 0.15) is 11.6 Å². The quantitative estimate of drug-likeness (QED) is 0.631. The third-order valence-electron chi connectivity index (χ3n) is 4.52. The first-order chi connectivity index (χ1) is 14.2. The molecule has 0 atom stereocenters. The molecule has 0 amide bonds. The van der Waals surface area contributed by atoms with Crippen molar-refractivity contribution < 1.29 is 23.0 Å². The van der Waals surface area contributed by atoms with Crippen LogP contribution in [0, 0.1) is 0 Å². The predicted octanol–water partition coefficient (Wildman–Crippen LogP) is 3.53. The number of hydrogen-bond acceptors (Lipinski definition) is 5. The van der Waals surface area contributed by atoms with E-state index in [1.54, 1.807) is 12.3 Å². The summed E-state index contributed by atoms with van der Waals surface area (Å²) < 4.78 is 43.0. The SMILES string of the molecule is CCN(CC)c1cc(Cn2cc(O)n(-c3ccc(OC(F)(F)F)cc3)c2=O)ccn1. The van der Waals surface area contributed by atoms with Gasteiger partial charge < -0.3 is 14.7 Å². The first-order valence-corrected chi connectivity index (χ1v) is 9.29. The minimum atomic E-state index is -4.81. The Kier molecular flexibility index (Phi) is 6.04. The third kappa shape index (κ3) is 4.76. The van der Waals surface area contributed by atoms with Crippen molar-refractivity contribution in [2.45, 2.75) is 26.8 Å². The number of aromatic nitrogens is 3. The molecule has 0 aliphatic carbocycles. The first-order valence-electron chi connectivity index (χ1n) is 9.29. The summed E-state index contributed by atoms with van der Waals surface area (Å²) in [7, 11) is 0. The summed E-state index contributed by atoms with van der Waals surface area (Å²) in [5.74, 6) is 0.0379. The number of benzene rings is 1. The van der Waals surface area contributed by atoms with E-state index in [0.717, 1.165) is 41.2 Å². The maximum Gasteiger partial charge on any atom is 0.573 e. The molecular formula is C20H21F3N4O3. The highest BCUT2D eigenvalue weighted by atomic mass is 19.4. The highest BCUT2D eigenvalue weighted by Crippen LogP contribution is 2.24. The molecule has 2 aromatic heterocycles. The lowest BCUT2D eigenvalue weighted by atomic mass is 10.2. The fraction of sp³-hybridized carbons (Fsp3) is 0.300. The maximum atomic E-state index is 12.8. The van der Waals surface area contributed by atoms with Crippen molar-refractivity contribution in [2.24, 2.45) is 0 Å². The molecule has 10 heteroatoms. The number of hydrogen-bond donors (Lipinski definition) is 1. The van der Waals surface area contributed by atoms with Crippen LogP contribution in [0.4, 0.5) is 19.0 Å². The average molecular weight is 422 g/mol. The Morgan fingerprint density at radius 1 is 1.13 bits per heavy atom. The molecule has 0 saturated heterocycles. The normalized spacial score (nSPS) is 11.5. The minimum Gasteiger partial charge on any atom is -0.493 e. The second-order valence-electron chi connectivity index (χ2n) is 6.47. The summed E-state index contributed by atoms with van der Waals surface area (Å²) in [6.07, 6.45) is -1.87. The zero-order valence-electron chi connectivity index (χ0n) is 16.4. The molecule has 2 heterocycles. The van der Waals surface area contributed by atoms with Crippen LogP contribution in [0.3, 0.4) is 0 Å². The van der Waals surface area contributed by atoms with E-state index in [1.165, 1.54) is 22.9 Å². The maximum absolute atomic E-state index is 12.8. The summed E-state index contributed by atoms with van der Waals surface area (Å²) in [5, 5.41) is 10.2. The van der Waals surface area contributed by atoms with Gasteiger partial charge in [0.05, 0.1) is 18.4 Å². The predicted molar refractivity (Wildman–Crippen MR) is 105 cm³/mol. The van der Waals surface area contributed by atoms with Crippen molar-refractivity contribution in [3.8, 4) is 17.3 Å². The van der Waals surface area contributed by atoms with Gasteiger partial charge in [0.25, 0.3) is 0 Å². The van der Waals surface area contributed by atoms with Crippen molar-refractivity contribution in [1.29, 1.82) is 0 Å². The van der Waals surface area contributed by atoms with Gasteiger partial charge >= 0.3 is 12.1 Å². The molecule has 0 aliphatic rings. The van der Waals surface area contributed by atoms with Crippen LogP contribution in [-0.2, 0) is 6.54 Å². The Morgan fingerprint density at radius 2 is 1.80 bits per heavy atom. The number of anilines is 1. The van der Waals surface area contributed by atoms with E-state index in [4.69, 9.17) is 0 Å². The lowest BCUT2D eigenvalue weighted by Crippen LogP contribution is -2.24. The van der Waals surface area contributed by atoms with Gasteiger partial charge in [0.15, 0.2) is 0 Å². The smallest absolute Gasteiger partial charge is 0.493 e. The second-order valence-corrected chi connectivity index (χ2v) is 6.47. The van der Waals surface area contributed by atoms with E-state index < -0.39 is 17.8 Å². The number of imidazole rings is 1. The molecule has 30 heavy (non-hydrogen) atoms. The number of alkyl halides is 3. The molecule has 0 radical (unpaired) electrons. The average Bonchev–Trinajstić information content (AvgIpc) is 2.96. The lowest BCUT2D eigenvalue weighted by molar-refractivity contribution is -0.274. The standard InChI is InChI=1S/C20H21F3N4O3/c1-3-25(4-2)17-11-14(9-10-24-17)12-26-13-18(28)27(19(26)29)15-5-7-16(8-6-15)30-20(21,22)23/h5-11,13,28H,3-4,12H2,1-2H3. The Morgan fingerprint density at radius 3 is 2.40 bits per heavy atom. The number of ether oxygens (including phenoxy) is 1. The summed E-state index contributed by atoms with van der Waals surface area (Å²) in [6.45, 7) is 5.82. The fourth-order valence-electron chi connectivity index (χ4n) is 3.11. The van der Waals surface area contributed by atoms with E-state index in [9.17, 15) is 23.1 Å². The van der Waals surface area contributed by atoms with Crippen molar-refractivity contribution in [3.05, 3.63) is 64.8 Å². The van der Waals surface area contributed by atoms with Crippen LogP contribution in [0.15, 0.2) is 53.6 Å². The van der Waals surface area contributed by atoms with Crippen LogP contribution in [0.1, 0.15) is 19.4 Å². The molecule has 0 fully saturated rings. The molecule has 0 unspecified atom stereocenters. The topological polar surface area (TPSA) is 72.5 Å². The fourth-order valence-corrected chi connectivity index (χ4v) is 3.11. The number of pyridine rings is 1. The van der Waals surface area contributed by atoms with E-state index in [2.05, 4.69) is 14.6 Å². The van der Waals surface area contributed by atoms with Crippen LogP contribution < -0.4 is 15.3 Å². The van der Waals surface area contributed by atoms with Crippen LogP contribution in [0.2, 0.25) is 0 Å². The summed E-state index contributed by atoms with van der Waals surface area (Å²) in [5.41, 5.74) is 0.502. The summed E-state index contributed by atoms with van der Waals surface area (Å²) >= 11 is 0. The molecular weight excluding hydrogens is 401 g/mol. The minimum absolute atomic E-state index is 0.200. The van der Waals surface area contributed by atoms with Gasteiger partial charge in [-0.2, -0.15) is 0 Å². The van der Waals surface area contributed by atoms with Crippen LogP contribution in [0.5, 0.6) is 11.6 Å². The lowest BCUT2D eigenvalue weighted by Gasteiger charge is -2.20. The monoisotopic (exact) mass is 422 g/mol. The third-order valence-corrected chi connectivity index (χ3v) is 4.52. The van der Waals surface area contributed by atoms with E-state index in [-0.39, 0.29) is 18.1 Å². The molecule has 160 valence electrons. The van der Waals surface area contributed by atoms with E-state index in [0.29, 0.717) is 0 Å². The largest absolute Gasteiger partial charge is 0.573 e. The molecule has 3 rings (SSSR count). The molecule has 7 nitrogen and oxygen atoms in total. The number of aromatic hydroxyl groups is 1. The second kappa shape index (κ2) is 8.52. The molecule has 0 aliphatic heterocycles. The van der Waals surface area contributed by atoms with E-state index >= 15 is 0 Å². The Balaban J connectivity index is 1.86. The zero-order valence-corrected chi connectivity index (χ0v) is 16.4. The number of nitrogens with zero attached hydrogens (tertiary/aromatic N) is 4. The van der Waals surface area contributed by atoms with Crippen molar-refractivity contribution in [3.63, 3.8) is 0 Å². The zero-order chi connectivity index (χ0) is 21.9. The van der Waals surface area contributed by atoms with Gasteiger partial charge in [-0.1, -0.05) is 0 Å². The van der Waals surface area contributed by atoms with Crippen LogP contribution in [-0.4, -0.2) is 38.7 Å². The molecule has 1 aromatic carbocycles. The molecule has 3 aromatic rings. The van der Waals surface area contributed by atoms with Crippen LogP contribution in [0.25, 0.3) is 5.69 Å². The summed E-state index contributed by atoms with van der Waals surface area (Å²) in [6, 6.07) is 8.32. The van der Waals surface area contributed by atoms with Gasteiger partial charge in [0.2, 0.25) is 5.88 Å². The Hall–Kier alpha value is -3.43. The molecule has 1 N–H and O–H groups in total. The van der Waals surface area contributed by atoms with Gasteiger partial charge in [-0.05, 0) is 55.8 Å². The van der Waals surface area contributed by atoms with Gasteiger partial charge in [-0.3, -0.25) is 4.57 Å². The van der Waals surface area contributed by atoms with Gasteiger partial charge in [0, 0.05) is 19.3 Å². The van der Waals surface area contributed by atoms with Gasteiger partial charge in [-0.15, -0.1) is 13.2 Å². The number of rotatable bonds is 7. The Labute approximate surface area is 170 Å². The highest BCUT2D eigenvalue weighted by Gasteiger charge is 2.31. The van der Waals surface area contributed by atoms with Crippen molar-refractivity contribution >= 4 is 5.82 Å². The van der Waals surface area contributed by atoms with Crippen molar-refractivity contribution in [2.75, 3.05) is 18.0 Å². The van der Waals surface area contributed by atoms with Gasteiger partial charge in [-0.25, -0.2) is 14.3 Å². The van der Waals surface area contributed by atoms with E-state index in [1.807, 2.05) is 19.9 Å².